The summed E-state index contributed by atoms with van der Waals surface area (Å²) in [5, 5.41) is 7.79. The van der Waals surface area contributed by atoms with Gasteiger partial charge in [-0.1, -0.05) is 26.2 Å². The summed E-state index contributed by atoms with van der Waals surface area (Å²) in [6, 6.07) is 0.299. The van der Waals surface area contributed by atoms with Crippen molar-refractivity contribution in [3.8, 4) is 0 Å². The Balaban J connectivity index is 2.12. The molecule has 1 N–H and O–H groups in total. The van der Waals surface area contributed by atoms with Crippen LogP contribution in [0.15, 0.2) is 6.33 Å². The first kappa shape index (κ1) is 15.4. The zero-order valence-corrected chi connectivity index (χ0v) is 13.1. The average Bonchev–Trinajstić information content (AvgIpc) is 2.93. The van der Waals surface area contributed by atoms with Gasteiger partial charge in [-0.25, -0.2) is 4.98 Å². The number of hydrogen-bond acceptors (Lipinski definition) is 4. The molecule has 0 aromatic carbocycles. The van der Waals surface area contributed by atoms with Crippen LogP contribution in [0.25, 0.3) is 0 Å². The maximum absolute atomic E-state index is 5.96. The summed E-state index contributed by atoms with van der Waals surface area (Å²) >= 11 is 0. The van der Waals surface area contributed by atoms with Crippen LogP contribution in [0, 0.1) is 0 Å². The summed E-state index contributed by atoms with van der Waals surface area (Å²) in [7, 11) is 3.88. The number of likely N-dealkylation sites (N-methyl/N-ethyl adjacent to an activating group) is 1. The maximum Gasteiger partial charge on any atom is 0.138 e. The van der Waals surface area contributed by atoms with E-state index in [1.54, 1.807) is 6.33 Å². The Morgan fingerprint density at radius 3 is 2.75 bits per heavy atom. The second-order valence-corrected chi connectivity index (χ2v) is 5.77. The molecule has 5 nitrogen and oxygen atoms in total. The zero-order chi connectivity index (χ0) is 14.4. The molecule has 1 fully saturated rings. The normalized spacial score (nSPS) is 19.9. The van der Waals surface area contributed by atoms with Crippen molar-refractivity contribution in [2.75, 3.05) is 14.2 Å². The van der Waals surface area contributed by atoms with Crippen molar-refractivity contribution in [3.05, 3.63) is 12.2 Å². The molecule has 0 radical (unpaired) electrons. The topological polar surface area (TPSA) is 52.0 Å². The van der Waals surface area contributed by atoms with E-state index in [1.165, 1.54) is 19.3 Å². The smallest absolute Gasteiger partial charge is 0.138 e. The third kappa shape index (κ3) is 3.20. The second-order valence-electron chi connectivity index (χ2n) is 5.77. The van der Waals surface area contributed by atoms with Crippen LogP contribution in [0.5, 0.6) is 0 Å². The van der Waals surface area contributed by atoms with Gasteiger partial charge in [-0.05, 0) is 26.3 Å². The van der Waals surface area contributed by atoms with Gasteiger partial charge in [0.25, 0.3) is 0 Å². The van der Waals surface area contributed by atoms with Crippen molar-refractivity contribution in [2.24, 2.45) is 0 Å². The summed E-state index contributed by atoms with van der Waals surface area (Å²) in [6.45, 7) is 3.10. The molecule has 1 heterocycles. The van der Waals surface area contributed by atoms with E-state index in [0.29, 0.717) is 6.04 Å². The van der Waals surface area contributed by atoms with Crippen LogP contribution in [0.4, 0.5) is 0 Å². The van der Waals surface area contributed by atoms with Crippen LogP contribution in [0.3, 0.4) is 0 Å². The lowest BCUT2D eigenvalue weighted by Gasteiger charge is -2.42. The van der Waals surface area contributed by atoms with E-state index in [9.17, 15) is 0 Å². The molecule has 0 amide bonds. The standard InChI is InChI=1S/C15H28N4O/c1-4-10-19-14(17-12-18-19)11-13(16-2)15(20-3)8-6-5-7-9-15/h12-13,16H,4-11H2,1-3H3. The third-order valence-corrected chi connectivity index (χ3v) is 4.61. The molecule has 1 saturated carbocycles. The lowest BCUT2D eigenvalue weighted by atomic mass is 9.78. The number of nitrogens with one attached hydrogen (secondary N) is 1. The molecule has 0 spiro atoms. The molecule has 1 aromatic rings. The lowest BCUT2D eigenvalue weighted by molar-refractivity contribution is -0.0662. The van der Waals surface area contributed by atoms with Gasteiger partial charge in [0.2, 0.25) is 0 Å². The minimum absolute atomic E-state index is 0.0456. The van der Waals surface area contributed by atoms with Crippen molar-refractivity contribution in [3.63, 3.8) is 0 Å². The molecule has 1 aromatic heterocycles. The largest absolute Gasteiger partial charge is 0.377 e. The molecule has 5 heteroatoms. The second kappa shape index (κ2) is 7.18. The summed E-state index contributed by atoms with van der Waals surface area (Å²) in [5.41, 5.74) is -0.0456. The molecule has 1 aliphatic rings. The lowest BCUT2D eigenvalue weighted by Crippen LogP contribution is -2.53. The van der Waals surface area contributed by atoms with Gasteiger partial charge < -0.3 is 10.1 Å². The molecule has 1 aliphatic carbocycles. The van der Waals surface area contributed by atoms with Crippen LogP contribution in [0.1, 0.15) is 51.3 Å². The molecule has 0 bridgehead atoms. The number of nitrogens with zero attached hydrogens (tertiary/aromatic N) is 3. The SMILES string of the molecule is CCCn1ncnc1CC(NC)C1(OC)CCCCC1. The van der Waals surface area contributed by atoms with Crippen molar-refractivity contribution in [1.29, 1.82) is 0 Å². The molecular weight excluding hydrogens is 252 g/mol. The first-order valence-corrected chi connectivity index (χ1v) is 7.85. The molecule has 114 valence electrons. The van der Waals surface area contributed by atoms with Gasteiger partial charge in [0.1, 0.15) is 12.2 Å². The molecule has 0 saturated heterocycles. The Bertz CT molecular complexity index is 398. The third-order valence-electron chi connectivity index (χ3n) is 4.61. The Labute approximate surface area is 122 Å². The predicted octanol–water partition coefficient (Wildman–Crippen LogP) is 2.17. The minimum Gasteiger partial charge on any atom is -0.377 e. The van der Waals surface area contributed by atoms with E-state index in [4.69, 9.17) is 4.74 Å². The van der Waals surface area contributed by atoms with E-state index in [1.807, 2.05) is 18.8 Å². The van der Waals surface area contributed by atoms with Crippen molar-refractivity contribution >= 4 is 0 Å². The Hall–Kier alpha value is -0.940. The summed E-state index contributed by atoms with van der Waals surface area (Å²) in [5.74, 6) is 1.06. The molecule has 20 heavy (non-hydrogen) atoms. The molecule has 2 rings (SSSR count). The van der Waals surface area contributed by atoms with E-state index in [-0.39, 0.29) is 5.60 Å². The molecule has 0 aliphatic heterocycles. The predicted molar refractivity (Wildman–Crippen MR) is 79.7 cm³/mol. The van der Waals surface area contributed by atoms with Gasteiger partial charge in [0.15, 0.2) is 0 Å². The van der Waals surface area contributed by atoms with Crippen LogP contribution in [-0.4, -0.2) is 40.6 Å². The van der Waals surface area contributed by atoms with Crippen LogP contribution in [0.2, 0.25) is 0 Å². The average molecular weight is 280 g/mol. The van der Waals surface area contributed by atoms with Gasteiger partial charge in [0.05, 0.1) is 5.60 Å². The van der Waals surface area contributed by atoms with Gasteiger partial charge in [-0.2, -0.15) is 5.10 Å². The highest BCUT2D eigenvalue weighted by Gasteiger charge is 2.39. The Morgan fingerprint density at radius 1 is 1.40 bits per heavy atom. The Morgan fingerprint density at radius 2 is 2.15 bits per heavy atom. The van der Waals surface area contributed by atoms with Crippen molar-refractivity contribution < 1.29 is 4.74 Å². The van der Waals surface area contributed by atoms with Crippen LogP contribution >= 0.6 is 0 Å². The highest BCUT2D eigenvalue weighted by Crippen LogP contribution is 2.35. The van der Waals surface area contributed by atoms with E-state index < -0.39 is 0 Å². The number of methoxy groups -OCH3 is 1. The van der Waals surface area contributed by atoms with Crippen LogP contribution in [-0.2, 0) is 17.7 Å². The van der Waals surface area contributed by atoms with E-state index >= 15 is 0 Å². The fourth-order valence-corrected chi connectivity index (χ4v) is 3.42. The van der Waals surface area contributed by atoms with Gasteiger partial charge >= 0.3 is 0 Å². The maximum atomic E-state index is 5.96. The molecule has 1 unspecified atom stereocenters. The number of ether oxygens (including phenoxy) is 1. The number of rotatable bonds is 7. The fourth-order valence-electron chi connectivity index (χ4n) is 3.42. The zero-order valence-electron chi connectivity index (χ0n) is 13.1. The number of hydrogen-bond donors (Lipinski definition) is 1. The quantitative estimate of drug-likeness (QED) is 0.831. The monoisotopic (exact) mass is 280 g/mol. The van der Waals surface area contributed by atoms with Gasteiger partial charge in [-0.3, -0.25) is 4.68 Å². The summed E-state index contributed by atoms with van der Waals surface area (Å²) in [6.07, 6.45) is 9.74. The first-order valence-electron chi connectivity index (χ1n) is 7.85. The van der Waals surface area contributed by atoms with E-state index in [0.717, 1.165) is 38.1 Å². The summed E-state index contributed by atoms with van der Waals surface area (Å²) in [4.78, 5) is 4.44. The molecular formula is C15H28N4O. The van der Waals surface area contributed by atoms with Crippen molar-refractivity contribution in [1.82, 2.24) is 20.1 Å². The highest BCUT2D eigenvalue weighted by atomic mass is 16.5. The highest BCUT2D eigenvalue weighted by molar-refractivity contribution is 5.01. The van der Waals surface area contributed by atoms with Crippen LogP contribution < -0.4 is 5.32 Å². The van der Waals surface area contributed by atoms with Gasteiger partial charge in [-0.15, -0.1) is 0 Å². The fraction of sp³-hybridized carbons (Fsp3) is 0.867. The molecule has 1 atom stereocenters. The van der Waals surface area contributed by atoms with E-state index in [2.05, 4.69) is 22.3 Å². The van der Waals surface area contributed by atoms with Gasteiger partial charge in [0, 0.05) is 26.1 Å². The number of aryl methyl sites for hydroxylation is 1. The first-order chi connectivity index (χ1) is 9.75. The minimum atomic E-state index is -0.0456. The summed E-state index contributed by atoms with van der Waals surface area (Å²) < 4.78 is 7.98. The van der Waals surface area contributed by atoms with Crippen molar-refractivity contribution in [2.45, 2.75) is 70.1 Å². The Kier molecular flexibility index (Phi) is 5.54. The number of aromatic nitrogens is 3.